The Morgan fingerprint density at radius 3 is 2.59 bits per heavy atom. The van der Waals surface area contributed by atoms with E-state index in [9.17, 15) is 4.79 Å². The molecule has 0 aliphatic rings. The van der Waals surface area contributed by atoms with Gasteiger partial charge in [0.1, 0.15) is 11.4 Å². The second kappa shape index (κ2) is 4.65. The first-order valence-electron chi connectivity index (χ1n) is 5.19. The molecule has 4 heteroatoms. The Balaban J connectivity index is 2.17. The lowest BCUT2D eigenvalue weighted by atomic mass is 10.2. The lowest BCUT2D eigenvalue weighted by Crippen LogP contribution is -2.14. The number of amides is 1. The van der Waals surface area contributed by atoms with Crippen LogP contribution in [0.2, 0.25) is 0 Å². The van der Waals surface area contributed by atoms with E-state index in [2.05, 4.69) is 10.3 Å². The number of hydrogen-bond acceptors (Lipinski definition) is 3. The van der Waals surface area contributed by atoms with E-state index in [-0.39, 0.29) is 11.7 Å². The Labute approximate surface area is 98.9 Å². The zero-order valence-corrected chi connectivity index (χ0v) is 9.34. The maximum absolute atomic E-state index is 11.9. The number of carbonyl (C=O) groups excluding carboxylic acids is 1. The van der Waals surface area contributed by atoms with Crippen molar-refractivity contribution >= 4 is 11.6 Å². The van der Waals surface area contributed by atoms with Crippen LogP contribution in [0, 0.1) is 6.92 Å². The van der Waals surface area contributed by atoms with E-state index in [1.165, 1.54) is 12.1 Å². The number of anilines is 1. The molecule has 2 rings (SSSR count). The van der Waals surface area contributed by atoms with Crippen LogP contribution in [0.5, 0.6) is 5.75 Å². The average molecular weight is 228 g/mol. The van der Waals surface area contributed by atoms with Gasteiger partial charge in [-0.25, -0.2) is 0 Å². The smallest absolute Gasteiger partial charge is 0.274 e. The number of aryl methyl sites for hydroxylation is 1. The van der Waals surface area contributed by atoms with Gasteiger partial charge in [0.2, 0.25) is 0 Å². The molecular formula is C13H12N2O2. The SMILES string of the molecule is Cc1cccnc1C(=O)Nc1ccc(O)cc1. The topological polar surface area (TPSA) is 62.2 Å². The van der Waals surface area contributed by atoms with Crippen molar-refractivity contribution in [3.8, 4) is 5.75 Å². The molecule has 0 saturated heterocycles. The Hall–Kier alpha value is -2.36. The minimum Gasteiger partial charge on any atom is -0.508 e. The van der Waals surface area contributed by atoms with E-state index in [1.54, 1.807) is 24.4 Å². The molecular weight excluding hydrogens is 216 g/mol. The van der Waals surface area contributed by atoms with Crippen LogP contribution in [0.1, 0.15) is 16.1 Å². The van der Waals surface area contributed by atoms with Gasteiger partial charge in [0.25, 0.3) is 5.91 Å². The van der Waals surface area contributed by atoms with Crippen molar-refractivity contribution < 1.29 is 9.90 Å². The number of aromatic nitrogens is 1. The fraction of sp³-hybridized carbons (Fsp3) is 0.0769. The number of aromatic hydroxyl groups is 1. The van der Waals surface area contributed by atoms with Crippen LogP contribution >= 0.6 is 0 Å². The lowest BCUT2D eigenvalue weighted by molar-refractivity contribution is 0.102. The van der Waals surface area contributed by atoms with Crippen LogP contribution in [0.3, 0.4) is 0 Å². The summed E-state index contributed by atoms with van der Waals surface area (Å²) in [6.45, 7) is 1.83. The van der Waals surface area contributed by atoms with Crippen LogP contribution in [0.25, 0.3) is 0 Å². The second-order valence-electron chi connectivity index (χ2n) is 3.67. The van der Waals surface area contributed by atoms with Crippen LogP contribution in [0.15, 0.2) is 42.6 Å². The minimum atomic E-state index is -0.256. The molecule has 4 nitrogen and oxygen atoms in total. The minimum absolute atomic E-state index is 0.164. The first kappa shape index (κ1) is 11.1. The van der Waals surface area contributed by atoms with Crippen molar-refractivity contribution in [3.05, 3.63) is 53.9 Å². The van der Waals surface area contributed by atoms with E-state index < -0.39 is 0 Å². The zero-order chi connectivity index (χ0) is 12.3. The molecule has 0 radical (unpaired) electrons. The molecule has 1 aromatic carbocycles. The van der Waals surface area contributed by atoms with Crippen LogP contribution in [-0.4, -0.2) is 16.0 Å². The number of phenolic OH excluding ortho intramolecular Hbond substituents is 1. The number of nitrogens with one attached hydrogen (secondary N) is 1. The molecule has 2 aromatic rings. The summed E-state index contributed by atoms with van der Waals surface area (Å²) in [4.78, 5) is 15.9. The number of nitrogens with zero attached hydrogens (tertiary/aromatic N) is 1. The van der Waals surface area contributed by atoms with Crippen LogP contribution in [-0.2, 0) is 0 Å². The normalized spacial score (nSPS) is 9.94. The summed E-state index contributed by atoms with van der Waals surface area (Å²) in [6, 6.07) is 9.91. The summed E-state index contributed by atoms with van der Waals surface area (Å²) in [5.74, 6) is -0.0918. The highest BCUT2D eigenvalue weighted by Gasteiger charge is 2.09. The van der Waals surface area contributed by atoms with Gasteiger partial charge in [0, 0.05) is 11.9 Å². The molecule has 0 saturated carbocycles. The van der Waals surface area contributed by atoms with E-state index >= 15 is 0 Å². The highest BCUT2D eigenvalue weighted by molar-refractivity contribution is 6.03. The lowest BCUT2D eigenvalue weighted by Gasteiger charge is -2.06. The highest BCUT2D eigenvalue weighted by Crippen LogP contribution is 2.15. The maximum Gasteiger partial charge on any atom is 0.274 e. The first-order valence-corrected chi connectivity index (χ1v) is 5.19. The Morgan fingerprint density at radius 1 is 1.24 bits per heavy atom. The number of phenols is 1. The summed E-state index contributed by atoms with van der Waals surface area (Å²) in [5, 5.41) is 11.8. The summed E-state index contributed by atoms with van der Waals surface area (Å²) >= 11 is 0. The van der Waals surface area contributed by atoms with Crippen molar-refractivity contribution in [2.75, 3.05) is 5.32 Å². The third kappa shape index (κ3) is 2.60. The summed E-state index contributed by atoms with van der Waals surface area (Å²) in [7, 11) is 0. The fourth-order valence-corrected chi connectivity index (χ4v) is 1.46. The van der Waals surface area contributed by atoms with E-state index in [4.69, 9.17) is 5.11 Å². The molecule has 1 amide bonds. The average Bonchev–Trinajstić information content (AvgIpc) is 2.32. The van der Waals surface area contributed by atoms with Gasteiger partial charge in [-0.05, 0) is 42.8 Å². The Bertz CT molecular complexity index is 535. The van der Waals surface area contributed by atoms with Gasteiger partial charge in [-0.3, -0.25) is 9.78 Å². The van der Waals surface area contributed by atoms with Crippen LogP contribution < -0.4 is 5.32 Å². The third-order valence-corrected chi connectivity index (χ3v) is 2.35. The van der Waals surface area contributed by atoms with Gasteiger partial charge in [0.15, 0.2) is 0 Å². The van der Waals surface area contributed by atoms with Gasteiger partial charge >= 0.3 is 0 Å². The van der Waals surface area contributed by atoms with Crippen molar-refractivity contribution in [1.29, 1.82) is 0 Å². The molecule has 0 aliphatic heterocycles. The molecule has 1 aromatic heterocycles. The van der Waals surface area contributed by atoms with E-state index in [0.717, 1.165) is 5.56 Å². The quantitative estimate of drug-likeness (QED) is 0.775. The third-order valence-electron chi connectivity index (χ3n) is 2.35. The molecule has 17 heavy (non-hydrogen) atoms. The monoisotopic (exact) mass is 228 g/mol. The molecule has 0 fully saturated rings. The standard InChI is InChI=1S/C13H12N2O2/c1-9-3-2-8-14-12(9)13(17)15-10-4-6-11(16)7-5-10/h2-8,16H,1H3,(H,15,17). The van der Waals surface area contributed by atoms with E-state index in [1.807, 2.05) is 13.0 Å². The molecule has 1 heterocycles. The van der Waals surface area contributed by atoms with Gasteiger partial charge < -0.3 is 10.4 Å². The molecule has 0 unspecified atom stereocenters. The van der Waals surface area contributed by atoms with Gasteiger partial charge in [-0.2, -0.15) is 0 Å². The predicted octanol–water partition coefficient (Wildman–Crippen LogP) is 2.35. The van der Waals surface area contributed by atoms with E-state index in [0.29, 0.717) is 11.4 Å². The Kier molecular flexibility index (Phi) is 3.05. The van der Waals surface area contributed by atoms with Gasteiger partial charge in [-0.1, -0.05) is 6.07 Å². The van der Waals surface area contributed by atoms with Gasteiger partial charge in [0.05, 0.1) is 0 Å². The highest BCUT2D eigenvalue weighted by atomic mass is 16.3. The number of benzene rings is 1. The molecule has 2 N–H and O–H groups in total. The van der Waals surface area contributed by atoms with Crippen molar-refractivity contribution in [3.63, 3.8) is 0 Å². The van der Waals surface area contributed by atoms with Crippen molar-refractivity contribution in [1.82, 2.24) is 4.98 Å². The number of carbonyl (C=O) groups is 1. The summed E-state index contributed by atoms with van der Waals surface area (Å²) < 4.78 is 0. The largest absolute Gasteiger partial charge is 0.508 e. The molecule has 0 atom stereocenters. The number of hydrogen-bond donors (Lipinski definition) is 2. The Morgan fingerprint density at radius 2 is 1.94 bits per heavy atom. The number of pyridine rings is 1. The maximum atomic E-state index is 11.9. The molecule has 0 bridgehead atoms. The zero-order valence-electron chi connectivity index (χ0n) is 9.34. The molecule has 0 aliphatic carbocycles. The summed E-state index contributed by atoms with van der Waals surface area (Å²) in [5.41, 5.74) is 1.85. The first-order chi connectivity index (χ1) is 8.16. The summed E-state index contributed by atoms with van der Waals surface area (Å²) in [6.07, 6.45) is 1.58. The molecule has 0 spiro atoms. The molecule has 86 valence electrons. The van der Waals surface area contributed by atoms with Crippen molar-refractivity contribution in [2.45, 2.75) is 6.92 Å². The fourth-order valence-electron chi connectivity index (χ4n) is 1.46. The predicted molar refractivity (Wildman–Crippen MR) is 65.0 cm³/mol. The number of rotatable bonds is 2. The van der Waals surface area contributed by atoms with Crippen LogP contribution in [0.4, 0.5) is 5.69 Å². The van der Waals surface area contributed by atoms with Gasteiger partial charge in [-0.15, -0.1) is 0 Å². The second-order valence-corrected chi connectivity index (χ2v) is 3.67. The van der Waals surface area contributed by atoms with Crippen molar-refractivity contribution in [2.24, 2.45) is 0 Å².